The molecular formula is C12H18FNO. The van der Waals surface area contributed by atoms with Gasteiger partial charge in [-0.15, -0.1) is 0 Å². The van der Waals surface area contributed by atoms with E-state index in [0.717, 1.165) is 12.0 Å². The van der Waals surface area contributed by atoms with Gasteiger partial charge in [0.05, 0.1) is 6.10 Å². The molecule has 15 heavy (non-hydrogen) atoms. The molecule has 3 heteroatoms. The van der Waals surface area contributed by atoms with Crippen LogP contribution in [0, 0.1) is 0 Å². The third-order valence-corrected chi connectivity index (χ3v) is 2.74. The molecule has 0 bridgehead atoms. The van der Waals surface area contributed by atoms with E-state index in [9.17, 15) is 9.50 Å². The van der Waals surface area contributed by atoms with Crippen molar-refractivity contribution in [1.82, 2.24) is 0 Å². The lowest BCUT2D eigenvalue weighted by atomic mass is 9.92. The van der Waals surface area contributed by atoms with Crippen molar-refractivity contribution < 1.29 is 9.50 Å². The van der Waals surface area contributed by atoms with Crippen LogP contribution in [-0.2, 0) is 12.1 Å². The van der Waals surface area contributed by atoms with E-state index in [2.05, 4.69) is 0 Å². The van der Waals surface area contributed by atoms with Crippen molar-refractivity contribution in [3.63, 3.8) is 0 Å². The van der Waals surface area contributed by atoms with E-state index in [4.69, 9.17) is 5.73 Å². The van der Waals surface area contributed by atoms with Crippen LogP contribution in [0.15, 0.2) is 24.3 Å². The smallest absolute Gasteiger partial charge is 0.158 e. The number of aliphatic hydroxyl groups is 1. The lowest BCUT2D eigenvalue weighted by molar-refractivity contribution is 0.0135. The number of nitrogens with two attached hydrogens (primary N) is 1. The summed E-state index contributed by atoms with van der Waals surface area (Å²) in [6, 6.07) is 7.11. The van der Waals surface area contributed by atoms with Crippen molar-refractivity contribution in [2.45, 2.75) is 32.0 Å². The van der Waals surface area contributed by atoms with Crippen LogP contribution in [-0.4, -0.2) is 17.8 Å². The molecule has 0 radical (unpaired) electrons. The molecule has 1 aromatic rings. The van der Waals surface area contributed by atoms with Gasteiger partial charge >= 0.3 is 0 Å². The Bertz CT molecular complexity index is 306. The molecule has 0 aromatic heterocycles. The molecular weight excluding hydrogens is 193 g/mol. The number of hydrogen-bond donors (Lipinski definition) is 2. The minimum atomic E-state index is -1.69. The standard InChI is InChI=1S/C12H18FNO/c1-9(15)12(2,13)11-5-3-10(4-6-11)7-8-14/h3-6,9,15H,7-8,14H2,1-2H3. The van der Waals surface area contributed by atoms with Gasteiger partial charge in [0.25, 0.3) is 0 Å². The van der Waals surface area contributed by atoms with Gasteiger partial charge in [0.2, 0.25) is 0 Å². The van der Waals surface area contributed by atoms with Gasteiger partial charge in [-0.3, -0.25) is 0 Å². The molecule has 2 unspecified atom stereocenters. The van der Waals surface area contributed by atoms with Gasteiger partial charge in [-0.1, -0.05) is 24.3 Å². The molecule has 3 N–H and O–H groups in total. The lowest BCUT2D eigenvalue weighted by Gasteiger charge is -2.24. The van der Waals surface area contributed by atoms with Gasteiger partial charge in [-0.05, 0) is 37.9 Å². The molecule has 1 rings (SSSR count). The summed E-state index contributed by atoms with van der Waals surface area (Å²) in [6.07, 6.45) is -0.226. The highest BCUT2D eigenvalue weighted by atomic mass is 19.1. The van der Waals surface area contributed by atoms with Gasteiger partial charge in [-0.2, -0.15) is 0 Å². The molecule has 1 aromatic carbocycles. The molecule has 0 heterocycles. The minimum Gasteiger partial charge on any atom is -0.390 e. The Kier molecular flexibility index (Phi) is 3.83. The van der Waals surface area contributed by atoms with Gasteiger partial charge in [0, 0.05) is 0 Å². The molecule has 0 spiro atoms. The second kappa shape index (κ2) is 4.73. The summed E-state index contributed by atoms with van der Waals surface area (Å²) < 4.78 is 14.0. The van der Waals surface area contributed by atoms with Crippen molar-refractivity contribution in [3.8, 4) is 0 Å². The van der Waals surface area contributed by atoms with Crippen molar-refractivity contribution in [2.24, 2.45) is 5.73 Å². The monoisotopic (exact) mass is 211 g/mol. The maximum absolute atomic E-state index is 14.0. The number of benzene rings is 1. The molecule has 2 nitrogen and oxygen atoms in total. The predicted molar refractivity (Wildman–Crippen MR) is 59.3 cm³/mol. The Morgan fingerprint density at radius 2 is 1.93 bits per heavy atom. The van der Waals surface area contributed by atoms with Crippen LogP contribution in [0.2, 0.25) is 0 Å². The van der Waals surface area contributed by atoms with Crippen LogP contribution in [0.5, 0.6) is 0 Å². The van der Waals surface area contributed by atoms with Crippen molar-refractivity contribution in [1.29, 1.82) is 0 Å². The first-order valence-corrected chi connectivity index (χ1v) is 5.15. The van der Waals surface area contributed by atoms with E-state index >= 15 is 0 Å². The summed E-state index contributed by atoms with van der Waals surface area (Å²) in [4.78, 5) is 0. The van der Waals surface area contributed by atoms with E-state index in [1.807, 2.05) is 12.1 Å². The second-order valence-corrected chi connectivity index (χ2v) is 3.99. The highest BCUT2D eigenvalue weighted by molar-refractivity contribution is 5.27. The summed E-state index contributed by atoms with van der Waals surface area (Å²) >= 11 is 0. The summed E-state index contributed by atoms with van der Waals surface area (Å²) in [7, 11) is 0. The maximum atomic E-state index is 14.0. The van der Waals surface area contributed by atoms with Crippen LogP contribution in [0.4, 0.5) is 4.39 Å². The average molecular weight is 211 g/mol. The van der Waals surface area contributed by atoms with Crippen molar-refractivity contribution in [2.75, 3.05) is 6.54 Å². The predicted octanol–water partition coefficient (Wildman–Crippen LogP) is 1.75. The quantitative estimate of drug-likeness (QED) is 0.797. The second-order valence-electron chi connectivity index (χ2n) is 3.99. The molecule has 0 aliphatic heterocycles. The Morgan fingerprint density at radius 1 is 1.40 bits per heavy atom. The zero-order chi connectivity index (χ0) is 11.5. The fraction of sp³-hybridized carbons (Fsp3) is 0.500. The number of alkyl halides is 1. The summed E-state index contributed by atoms with van der Waals surface area (Å²) in [6.45, 7) is 3.42. The van der Waals surface area contributed by atoms with Gasteiger partial charge in [0.1, 0.15) is 0 Å². The van der Waals surface area contributed by atoms with E-state index in [0.29, 0.717) is 12.1 Å². The highest BCUT2D eigenvalue weighted by Crippen LogP contribution is 2.29. The van der Waals surface area contributed by atoms with Crippen LogP contribution in [0.25, 0.3) is 0 Å². The topological polar surface area (TPSA) is 46.2 Å². The van der Waals surface area contributed by atoms with Gasteiger partial charge in [-0.25, -0.2) is 4.39 Å². The summed E-state index contributed by atoms with van der Waals surface area (Å²) in [5.74, 6) is 0. The average Bonchev–Trinajstić information content (AvgIpc) is 2.19. The first kappa shape index (κ1) is 12.1. The Labute approximate surface area is 89.9 Å². The molecule has 0 fully saturated rings. The molecule has 0 saturated carbocycles. The minimum absolute atomic E-state index is 0.498. The third-order valence-electron chi connectivity index (χ3n) is 2.74. The first-order chi connectivity index (χ1) is 6.98. The van der Waals surface area contributed by atoms with Gasteiger partial charge in [0.15, 0.2) is 5.67 Å². The van der Waals surface area contributed by atoms with Crippen LogP contribution in [0.1, 0.15) is 25.0 Å². The molecule has 0 saturated heterocycles. The number of rotatable bonds is 4. The van der Waals surface area contributed by atoms with Crippen molar-refractivity contribution >= 4 is 0 Å². The fourth-order valence-electron chi connectivity index (χ4n) is 1.41. The van der Waals surface area contributed by atoms with E-state index < -0.39 is 11.8 Å². The fourth-order valence-corrected chi connectivity index (χ4v) is 1.41. The molecule has 0 aliphatic carbocycles. The number of hydrogen-bond acceptors (Lipinski definition) is 2. The largest absolute Gasteiger partial charge is 0.390 e. The Balaban J connectivity index is 2.88. The molecule has 2 atom stereocenters. The molecule has 0 aliphatic rings. The normalized spacial score (nSPS) is 17.1. The molecule has 0 amide bonds. The van der Waals surface area contributed by atoms with Gasteiger partial charge < -0.3 is 10.8 Å². The Hall–Kier alpha value is -0.930. The maximum Gasteiger partial charge on any atom is 0.158 e. The number of halogens is 1. The van der Waals surface area contributed by atoms with Crippen LogP contribution in [0.3, 0.4) is 0 Å². The van der Waals surface area contributed by atoms with E-state index in [-0.39, 0.29) is 0 Å². The third kappa shape index (κ3) is 2.76. The number of aliphatic hydroxyl groups excluding tert-OH is 1. The zero-order valence-corrected chi connectivity index (χ0v) is 9.20. The molecule has 84 valence electrons. The van der Waals surface area contributed by atoms with E-state index in [1.54, 1.807) is 12.1 Å². The first-order valence-electron chi connectivity index (χ1n) is 5.15. The summed E-state index contributed by atoms with van der Waals surface area (Å²) in [5.41, 5.74) is 5.31. The zero-order valence-electron chi connectivity index (χ0n) is 9.20. The van der Waals surface area contributed by atoms with Crippen LogP contribution < -0.4 is 5.73 Å². The lowest BCUT2D eigenvalue weighted by Crippen LogP contribution is -2.29. The summed E-state index contributed by atoms with van der Waals surface area (Å²) in [5, 5.41) is 9.31. The van der Waals surface area contributed by atoms with Crippen molar-refractivity contribution in [3.05, 3.63) is 35.4 Å². The highest BCUT2D eigenvalue weighted by Gasteiger charge is 2.31. The van der Waals surface area contributed by atoms with E-state index in [1.165, 1.54) is 13.8 Å². The Morgan fingerprint density at radius 3 is 2.33 bits per heavy atom. The van der Waals surface area contributed by atoms with Crippen LogP contribution >= 0.6 is 0 Å². The SMILES string of the molecule is CC(O)C(C)(F)c1ccc(CCN)cc1.